The maximum atomic E-state index is 11.8. The molecule has 0 spiro atoms. The fourth-order valence-electron chi connectivity index (χ4n) is 2.31. The minimum atomic E-state index is -0.520. The SMILES string of the molecule is Cl.NC(=O)COc1ccc(NC(=O)CCC2CCNC2)cc1. The first-order valence-electron chi connectivity index (χ1n) is 7.15. The highest BCUT2D eigenvalue weighted by atomic mass is 35.5. The number of hydrogen-bond acceptors (Lipinski definition) is 4. The summed E-state index contributed by atoms with van der Waals surface area (Å²) in [6.07, 6.45) is 2.60. The number of hydrogen-bond donors (Lipinski definition) is 3. The molecule has 1 aliphatic rings. The van der Waals surface area contributed by atoms with Crippen LogP contribution in [-0.2, 0) is 9.59 Å². The van der Waals surface area contributed by atoms with Gasteiger partial charge in [0.05, 0.1) is 0 Å². The second-order valence-electron chi connectivity index (χ2n) is 5.23. The lowest BCUT2D eigenvalue weighted by molar-refractivity contribution is -0.120. The molecule has 4 N–H and O–H groups in total. The predicted molar refractivity (Wildman–Crippen MR) is 87.2 cm³/mol. The van der Waals surface area contributed by atoms with Crippen molar-refractivity contribution in [3.8, 4) is 5.75 Å². The van der Waals surface area contributed by atoms with Crippen molar-refractivity contribution in [1.29, 1.82) is 0 Å². The average molecular weight is 328 g/mol. The van der Waals surface area contributed by atoms with Crippen molar-refractivity contribution in [3.63, 3.8) is 0 Å². The van der Waals surface area contributed by atoms with E-state index >= 15 is 0 Å². The van der Waals surface area contributed by atoms with Crippen LogP contribution in [0.4, 0.5) is 5.69 Å². The Morgan fingerprint density at radius 1 is 1.32 bits per heavy atom. The Labute approximate surface area is 136 Å². The van der Waals surface area contributed by atoms with Crippen LogP contribution in [-0.4, -0.2) is 31.5 Å². The minimum Gasteiger partial charge on any atom is -0.484 e. The van der Waals surface area contributed by atoms with Crippen LogP contribution in [0, 0.1) is 5.92 Å². The summed E-state index contributed by atoms with van der Waals surface area (Å²) in [6, 6.07) is 6.87. The molecule has 0 radical (unpaired) electrons. The molecule has 0 saturated carbocycles. The van der Waals surface area contributed by atoms with E-state index in [1.807, 2.05) is 0 Å². The fourth-order valence-corrected chi connectivity index (χ4v) is 2.31. The number of carbonyl (C=O) groups is 2. The monoisotopic (exact) mass is 327 g/mol. The summed E-state index contributed by atoms with van der Waals surface area (Å²) in [5.41, 5.74) is 5.71. The molecule has 2 rings (SSSR count). The van der Waals surface area contributed by atoms with E-state index in [2.05, 4.69) is 10.6 Å². The van der Waals surface area contributed by atoms with Gasteiger partial charge < -0.3 is 21.1 Å². The van der Waals surface area contributed by atoms with Crippen LogP contribution in [0.2, 0.25) is 0 Å². The number of anilines is 1. The van der Waals surface area contributed by atoms with E-state index < -0.39 is 5.91 Å². The quantitative estimate of drug-likeness (QED) is 0.703. The summed E-state index contributed by atoms with van der Waals surface area (Å²) in [7, 11) is 0. The Morgan fingerprint density at radius 3 is 2.64 bits per heavy atom. The average Bonchev–Trinajstić information content (AvgIpc) is 2.98. The van der Waals surface area contributed by atoms with Gasteiger partial charge in [-0.1, -0.05) is 0 Å². The van der Waals surface area contributed by atoms with Crippen molar-refractivity contribution >= 4 is 29.9 Å². The summed E-state index contributed by atoms with van der Waals surface area (Å²) in [4.78, 5) is 22.4. The molecule has 1 saturated heterocycles. The molecule has 1 aromatic carbocycles. The molecule has 0 bridgehead atoms. The second-order valence-corrected chi connectivity index (χ2v) is 5.23. The number of halogens is 1. The number of benzene rings is 1. The van der Waals surface area contributed by atoms with Crippen LogP contribution in [0.5, 0.6) is 5.75 Å². The van der Waals surface area contributed by atoms with E-state index in [9.17, 15) is 9.59 Å². The lowest BCUT2D eigenvalue weighted by atomic mass is 10.0. The number of carbonyl (C=O) groups excluding carboxylic acids is 2. The lowest BCUT2D eigenvalue weighted by Gasteiger charge is -2.09. The van der Waals surface area contributed by atoms with Crippen LogP contribution in [0.15, 0.2) is 24.3 Å². The fraction of sp³-hybridized carbons (Fsp3) is 0.467. The summed E-state index contributed by atoms with van der Waals surface area (Å²) in [5, 5.41) is 6.14. The zero-order valence-corrected chi connectivity index (χ0v) is 13.2. The third-order valence-electron chi connectivity index (χ3n) is 3.46. The topological polar surface area (TPSA) is 93.5 Å². The third kappa shape index (κ3) is 6.32. The molecule has 1 aromatic rings. The van der Waals surface area contributed by atoms with Crippen molar-refractivity contribution in [2.45, 2.75) is 19.3 Å². The minimum absolute atomic E-state index is 0. The first-order chi connectivity index (χ1) is 10.1. The van der Waals surface area contributed by atoms with Gasteiger partial charge in [0.1, 0.15) is 5.75 Å². The molecule has 1 aliphatic heterocycles. The molecular weight excluding hydrogens is 306 g/mol. The van der Waals surface area contributed by atoms with Gasteiger partial charge in [-0.05, 0) is 56.1 Å². The highest BCUT2D eigenvalue weighted by Gasteiger charge is 2.15. The van der Waals surface area contributed by atoms with Gasteiger partial charge in [0.15, 0.2) is 6.61 Å². The van der Waals surface area contributed by atoms with Crippen molar-refractivity contribution < 1.29 is 14.3 Å². The highest BCUT2D eigenvalue weighted by molar-refractivity contribution is 5.90. The molecule has 22 heavy (non-hydrogen) atoms. The van der Waals surface area contributed by atoms with Gasteiger partial charge in [0.25, 0.3) is 5.91 Å². The van der Waals surface area contributed by atoms with Gasteiger partial charge in [-0.25, -0.2) is 0 Å². The maximum Gasteiger partial charge on any atom is 0.255 e. The van der Waals surface area contributed by atoms with Gasteiger partial charge in [-0.3, -0.25) is 9.59 Å². The first kappa shape index (κ1) is 18.3. The van der Waals surface area contributed by atoms with Gasteiger partial charge in [0.2, 0.25) is 5.91 Å². The van der Waals surface area contributed by atoms with E-state index in [1.54, 1.807) is 24.3 Å². The smallest absolute Gasteiger partial charge is 0.255 e. The zero-order chi connectivity index (χ0) is 15.1. The van der Waals surface area contributed by atoms with E-state index in [-0.39, 0.29) is 24.9 Å². The normalized spacial score (nSPS) is 16.6. The van der Waals surface area contributed by atoms with Crippen LogP contribution in [0.1, 0.15) is 19.3 Å². The van der Waals surface area contributed by atoms with E-state index in [1.165, 1.54) is 0 Å². The Kier molecular flexibility index (Phi) is 7.70. The molecule has 0 aliphatic carbocycles. The van der Waals surface area contributed by atoms with Crippen LogP contribution in [0.25, 0.3) is 0 Å². The van der Waals surface area contributed by atoms with Crippen LogP contribution < -0.4 is 21.1 Å². The highest BCUT2D eigenvalue weighted by Crippen LogP contribution is 2.17. The number of primary amides is 1. The Hall–Kier alpha value is -1.79. The molecular formula is C15H22ClN3O3. The number of nitrogens with two attached hydrogens (primary N) is 1. The molecule has 122 valence electrons. The Balaban J connectivity index is 0.00000242. The van der Waals surface area contributed by atoms with Crippen molar-refractivity contribution in [1.82, 2.24) is 5.32 Å². The Morgan fingerprint density at radius 2 is 2.05 bits per heavy atom. The van der Waals surface area contributed by atoms with Crippen LogP contribution >= 0.6 is 12.4 Å². The third-order valence-corrected chi connectivity index (χ3v) is 3.46. The zero-order valence-electron chi connectivity index (χ0n) is 12.3. The summed E-state index contributed by atoms with van der Waals surface area (Å²) >= 11 is 0. The molecule has 7 heteroatoms. The first-order valence-corrected chi connectivity index (χ1v) is 7.15. The van der Waals surface area contributed by atoms with Crippen molar-refractivity contribution in [2.24, 2.45) is 11.7 Å². The number of ether oxygens (including phenoxy) is 1. The summed E-state index contributed by atoms with van der Waals surface area (Å²) in [6.45, 7) is 1.92. The van der Waals surface area contributed by atoms with Crippen molar-refractivity contribution in [2.75, 3.05) is 25.0 Å². The van der Waals surface area contributed by atoms with E-state index in [0.717, 1.165) is 31.6 Å². The van der Waals surface area contributed by atoms with Crippen molar-refractivity contribution in [3.05, 3.63) is 24.3 Å². The summed E-state index contributed by atoms with van der Waals surface area (Å²) < 4.78 is 5.15. The van der Waals surface area contributed by atoms with Gasteiger partial charge >= 0.3 is 0 Å². The molecule has 0 aromatic heterocycles. The van der Waals surface area contributed by atoms with Crippen LogP contribution in [0.3, 0.4) is 0 Å². The second kappa shape index (κ2) is 9.27. The van der Waals surface area contributed by atoms with Gasteiger partial charge in [-0.2, -0.15) is 0 Å². The molecule has 1 atom stereocenters. The molecule has 1 fully saturated rings. The molecule has 1 heterocycles. The number of rotatable bonds is 7. The summed E-state index contributed by atoms with van der Waals surface area (Å²) in [5.74, 6) is 0.658. The van der Waals surface area contributed by atoms with E-state index in [0.29, 0.717) is 18.1 Å². The standard InChI is InChI=1S/C15H21N3O3.ClH/c16-14(19)10-21-13-4-2-12(3-5-13)18-15(20)6-1-11-7-8-17-9-11;/h2-5,11,17H,1,6-10H2,(H2,16,19)(H,18,20);1H. The van der Waals surface area contributed by atoms with E-state index in [4.69, 9.17) is 10.5 Å². The predicted octanol–water partition coefficient (Wildman–Crippen LogP) is 1.30. The Bertz CT molecular complexity index is 487. The largest absolute Gasteiger partial charge is 0.484 e. The maximum absolute atomic E-state index is 11.8. The number of amides is 2. The van der Waals surface area contributed by atoms with Gasteiger partial charge in [0, 0.05) is 12.1 Å². The molecule has 2 amide bonds. The molecule has 1 unspecified atom stereocenters. The lowest BCUT2D eigenvalue weighted by Crippen LogP contribution is -2.20. The number of nitrogens with one attached hydrogen (secondary N) is 2. The van der Waals surface area contributed by atoms with Gasteiger partial charge in [-0.15, -0.1) is 12.4 Å². The molecule has 6 nitrogen and oxygen atoms in total.